The first-order valence-corrected chi connectivity index (χ1v) is 27.7. The Morgan fingerprint density at radius 1 is 0.553 bits per heavy atom. The SMILES string of the molecule is [2H]c1c([2H])c2c(c([2H])c1-c1cccc3c1-[n+]1[c-]n(-c4[c-]c(Oc5[c-]c6c(cc5)c5ccccc5n6-c5cc(C(C)(C)C)ccn5)ccc4)c4cccc(c41)-c1ccccc1-c1ccc(-n4c5ccccc5c5ccccc54)cc1-3)C(C([2H])([2H])[2H])(C([2H])([2H])[2H])C([2H])([2H])C([2H])([2H])C2(C([2H])([2H])[2H])C([2H])([2H])[2H].[Pt]. The van der Waals surface area contributed by atoms with Gasteiger partial charge < -0.3 is 18.4 Å². The van der Waals surface area contributed by atoms with Crippen molar-refractivity contribution < 1.29 is 56.4 Å². The number of nitrogens with zero attached hydrogens (tertiary/aromatic N) is 5. The quantitative estimate of drug-likeness (QED) is 0.123. The molecule has 0 atom stereocenters. The van der Waals surface area contributed by atoms with E-state index in [1.54, 1.807) is 45.7 Å². The van der Waals surface area contributed by atoms with Crippen LogP contribution in [0.25, 0.3) is 122 Å². The summed E-state index contributed by atoms with van der Waals surface area (Å²) in [4.78, 5) is 4.85. The van der Waals surface area contributed by atoms with Crippen molar-refractivity contribution in [1.82, 2.24) is 18.7 Å². The van der Waals surface area contributed by atoms with E-state index in [9.17, 15) is 17.8 Å². The van der Waals surface area contributed by atoms with E-state index in [-0.39, 0.29) is 43.5 Å². The number of rotatable bonds is 6. The Morgan fingerprint density at radius 3 is 1.89 bits per heavy atom. The summed E-state index contributed by atoms with van der Waals surface area (Å²) in [5.41, 5.74) is -2.77. The van der Waals surface area contributed by atoms with E-state index in [2.05, 4.69) is 60.5 Å². The molecule has 7 heteroatoms. The van der Waals surface area contributed by atoms with Crippen LogP contribution in [0, 0.1) is 18.5 Å². The summed E-state index contributed by atoms with van der Waals surface area (Å²) in [6, 6.07) is 64.4. The van der Waals surface area contributed by atoms with Gasteiger partial charge in [-0.2, -0.15) is 18.2 Å². The predicted octanol–water partition coefficient (Wildman–Crippen LogP) is 19.3. The van der Waals surface area contributed by atoms with Gasteiger partial charge in [-0.05, 0) is 144 Å². The van der Waals surface area contributed by atoms with E-state index in [0.29, 0.717) is 61.7 Å². The second kappa shape index (κ2) is 19.5. The fourth-order valence-corrected chi connectivity index (χ4v) is 12.5. The third kappa shape index (κ3) is 8.31. The molecule has 2 aliphatic rings. The van der Waals surface area contributed by atoms with Crippen LogP contribution in [0.5, 0.6) is 11.5 Å². The van der Waals surface area contributed by atoms with Gasteiger partial charge in [0.2, 0.25) is 0 Å². The Hall–Kier alpha value is -9.09. The van der Waals surface area contributed by atoms with Crippen LogP contribution in [0.1, 0.15) is 104 Å². The average molecular weight is 1300 g/mol. The molecule has 1 aliphatic carbocycles. The molecular formula is C78H61N5OPt-2. The second-order valence-corrected chi connectivity index (χ2v) is 22.6. The van der Waals surface area contributed by atoms with Crippen molar-refractivity contribution in [3.05, 3.63) is 254 Å². The number of para-hydroxylation sites is 5. The van der Waals surface area contributed by atoms with Gasteiger partial charge in [0.25, 0.3) is 6.33 Å². The van der Waals surface area contributed by atoms with Gasteiger partial charge in [-0.15, -0.1) is 29.7 Å². The molecule has 1 aliphatic heterocycles. The molecule has 0 saturated carbocycles. The van der Waals surface area contributed by atoms with Crippen molar-refractivity contribution in [2.24, 2.45) is 0 Å². The van der Waals surface area contributed by atoms with Crippen LogP contribution < -0.4 is 9.30 Å². The first kappa shape index (κ1) is 35.9. The number of fused-ring (bicyclic) bond motifs is 14. The van der Waals surface area contributed by atoms with E-state index in [0.717, 1.165) is 54.8 Å². The van der Waals surface area contributed by atoms with Crippen molar-refractivity contribution in [3.63, 3.8) is 0 Å². The summed E-state index contributed by atoms with van der Waals surface area (Å²) in [5.74, 6) is 1.31. The summed E-state index contributed by atoms with van der Waals surface area (Å²) in [6.45, 7) is -10.6. The van der Waals surface area contributed by atoms with Gasteiger partial charge in [0.1, 0.15) is 5.82 Å². The summed E-state index contributed by atoms with van der Waals surface area (Å²) in [6.07, 6.45) is -3.67. The molecule has 0 bridgehead atoms. The van der Waals surface area contributed by atoms with Gasteiger partial charge in [0.05, 0.1) is 31.9 Å². The Labute approximate surface area is 537 Å². The van der Waals surface area contributed by atoms with Crippen molar-refractivity contribution >= 4 is 54.6 Å². The van der Waals surface area contributed by atoms with E-state index < -0.39 is 85.8 Å². The first-order valence-electron chi connectivity index (χ1n) is 37.2. The number of pyridine rings is 1. The van der Waals surface area contributed by atoms with Crippen molar-refractivity contribution in [3.8, 4) is 78.9 Å². The molecule has 416 valence electrons. The Kier molecular flexibility index (Phi) is 8.23. The molecule has 0 spiro atoms. The minimum absolute atomic E-state index is 0. The van der Waals surface area contributed by atoms with Gasteiger partial charge in [-0.1, -0.05) is 193 Å². The van der Waals surface area contributed by atoms with Crippen LogP contribution in [-0.2, 0) is 37.3 Å². The van der Waals surface area contributed by atoms with Gasteiger partial charge in [-0.25, -0.2) is 4.98 Å². The fraction of sp³-hybridized carbons (Fsp3) is 0.154. The van der Waals surface area contributed by atoms with Gasteiger partial charge in [-0.3, -0.25) is 4.57 Å². The smallest absolute Gasteiger partial charge is 0.268 e. The molecule has 0 radical (unpaired) electrons. The van der Waals surface area contributed by atoms with Crippen LogP contribution in [-0.4, -0.2) is 18.7 Å². The Morgan fingerprint density at radius 2 is 1.15 bits per heavy atom. The van der Waals surface area contributed by atoms with E-state index >= 15 is 0 Å². The molecule has 0 amide bonds. The predicted molar refractivity (Wildman–Crippen MR) is 344 cm³/mol. The van der Waals surface area contributed by atoms with Crippen LogP contribution >= 0.6 is 0 Å². The summed E-state index contributed by atoms with van der Waals surface area (Å²) in [5, 5.41) is 3.84. The first-order chi connectivity index (χ1) is 48.6. The molecule has 0 fully saturated rings. The molecule has 6 nitrogen and oxygen atoms in total. The molecule has 0 N–H and O–H groups in total. The second-order valence-electron chi connectivity index (χ2n) is 22.6. The number of aromatic nitrogens is 5. The molecule has 14 aromatic rings. The summed E-state index contributed by atoms with van der Waals surface area (Å²) >= 11 is 0. The molecule has 16 rings (SSSR count). The molecule has 0 unspecified atom stereocenters. The van der Waals surface area contributed by atoms with Crippen molar-refractivity contribution in [2.75, 3.05) is 0 Å². The largest absolute Gasteiger partial charge is 0.510 e. The van der Waals surface area contributed by atoms with Crippen molar-refractivity contribution in [2.45, 2.75) is 77.2 Å². The maximum Gasteiger partial charge on any atom is 0.268 e. The molecule has 85 heavy (non-hydrogen) atoms. The zero-order valence-corrected chi connectivity index (χ0v) is 48.3. The topological polar surface area (TPSA) is 40.8 Å². The monoisotopic (exact) mass is 1300 g/mol. The average Bonchev–Trinajstić information content (AvgIpc) is 0.771. The minimum atomic E-state index is -4.55. The standard InChI is InChI=1S/C78H61N5O.Pt/c1-76(2,3)50-39-42-79-73(44-50)83-70-31-15-12-25-61(70)62-37-35-54(47-72(62)83)84-53-20-16-19-51(45-53)80-48-81-74-55(49-33-38-66-67(43-49)78(6,7)41-40-77(66,4)5)26-17-27-64(74)65-46-52(82-68-29-13-10-23-59(68)60-24-11-14-30-69(60)82)34-36-58(65)56-21-8-9-22-57(56)63-28-18-32-71(80)75(63)81;/h8-39,42-44,46H,40-41H2,1-7H3;/q-2;/i4D3,5D3,6D3,7D3,33D,38D,40D2,41D2,43D;. The minimum Gasteiger partial charge on any atom is -0.510 e. The Bertz CT molecular complexity index is 5850. The van der Waals surface area contributed by atoms with Crippen LogP contribution in [0.4, 0.5) is 0 Å². The zero-order chi connectivity index (χ0) is 73.0. The molecule has 4 aromatic heterocycles. The summed E-state index contributed by atoms with van der Waals surface area (Å²) < 4.78 is 193. The number of hydrogen-bond acceptors (Lipinski definition) is 2. The van der Waals surface area contributed by atoms with Gasteiger partial charge in [0.15, 0.2) is 0 Å². The molecule has 10 aromatic carbocycles. The number of ether oxygens (including phenoxy) is 1. The van der Waals surface area contributed by atoms with Gasteiger partial charge >= 0.3 is 0 Å². The maximum atomic E-state index is 10.6. The van der Waals surface area contributed by atoms with Crippen LogP contribution in [0.15, 0.2) is 218 Å². The van der Waals surface area contributed by atoms with E-state index in [1.807, 2.05) is 146 Å². The van der Waals surface area contributed by atoms with Crippen LogP contribution in [0.2, 0.25) is 0 Å². The zero-order valence-electron chi connectivity index (χ0n) is 65.0. The maximum absolute atomic E-state index is 10.6. The van der Waals surface area contributed by atoms with Gasteiger partial charge in [0, 0.05) is 82.7 Å². The van der Waals surface area contributed by atoms with E-state index in [4.69, 9.17) is 17.9 Å². The normalized spacial score (nSPS) is 19.1. The Balaban J connectivity index is 0.00000870. The van der Waals surface area contributed by atoms with Crippen LogP contribution in [0.3, 0.4) is 0 Å². The molecule has 5 heterocycles. The van der Waals surface area contributed by atoms with Crippen molar-refractivity contribution in [1.29, 1.82) is 0 Å². The third-order valence-corrected chi connectivity index (χ3v) is 16.5. The number of imidazole rings is 1. The third-order valence-electron chi connectivity index (χ3n) is 16.5. The molecular weight excluding hydrogens is 1220 g/mol. The number of benzene rings is 10. The summed E-state index contributed by atoms with van der Waals surface area (Å²) in [7, 11) is 0. The molecule has 0 saturated heterocycles. The van der Waals surface area contributed by atoms with E-state index in [1.165, 1.54) is 6.07 Å². The fourth-order valence-electron chi connectivity index (χ4n) is 12.5. The number of hydrogen-bond donors (Lipinski definition) is 0.